The van der Waals surface area contributed by atoms with E-state index in [0.29, 0.717) is 32.5 Å². The number of hydrogen-bond donors (Lipinski definition) is 3. The molecule has 15 heteroatoms. The summed E-state index contributed by atoms with van der Waals surface area (Å²) in [6, 6.07) is 15.8. The minimum Gasteiger partial charge on any atom is -0.493 e. The molecule has 3 amide bonds. The van der Waals surface area contributed by atoms with Gasteiger partial charge in [-0.05, 0) is 92.2 Å². The van der Waals surface area contributed by atoms with E-state index in [1.807, 2.05) is 87.5 Å². The molecule has 70 heavy (non-hydrogen) atoms. The summed E-state index contributed by atoms with van der Waals surface area (Å²) in [5.74, 6) is -2.42. The molecule has 0 saturated carbocycles. The summed E-state index contributed by atoms with van der Waals surface area (Å²) in [5, 5.41) is 16.4. The van der Waals surface area contributed by atoms with E-state index in [2.05, 4.69) is 21.7 Å². The number of hydrogen-bond acceptors (Lipinski definition) is 9. The van der Waals surface area contributed by atoms with Crippen LogP contribution in [0.1, 0.15) is 127 Å². The molecular weight excluding hydrogens is 916 g/mol. The number of halogens is 3. The van der Waals surface area contributed by atoms with Crippen LogP contribution in [0.25, 0.3) is 16.0 Å². The molecule has 3 aliphatic rings. The number of rotatable bonds is 21. The van der Waals surface area contributed by atoms with Gasteiger partial charge in [0, 0.05) is 62.8 Å². The van der Waals surface area contributed by atoms with Crippen molar-refractivity contribution in [3.63, 3.8) is 0 Å². The predicted octanol–water partition coefficient (Wildman–Crippen LogP) is 9.84. The Labute approximate surface area is 415 Å². The molecule has 1 fully saturated rings. The molecule has 3 N–H and O–H groups in total. The third-order valence-corrected chi connectivity index (χ3v) is 14.6. The molecule has 2 aliphatic heterocycles. The molecule has 1 aromatic heterocycles. The summed E-state index contributed by atoms with van der Waals surface area (Å²) in [6.45, 7) is 13.7. The maximum Gasteiger partial charge on any atom is 0.246 e. The number of unbranched alkanes of at least 4 members (excludes halogenated alkanes) is 4. The Kier molecular flexibility index (Phi) is 17.3. The zero-order valence-corrected chi connectivity index (χ0v) is 42.5. The number of aliphatic hydroxyl groups excluding tert-OH is 1. The van der Waals surface area contributed by atoms with E-state index in [0.717, 1.165) is 69.7 Å². The highest BCUT2D eigenvalue weighted by Crippen LogP contribution is 2.50. The van der Waals surface area contributed by atoms with Crippen molar-refractivity contribution in [2.45, 2.75) is 149 Å². The molecule has 0 bridgehead atoms. The van der Waals surface area contributed by atoms with Gasteiger partial charge in [0.15, 0.2) is 0 Å². The number of amides is 3. The van der Waals surface area contributed by atoms with Crippen LogP contribution >= 0.6 is 11.3 Å². The Morgan fingerprint density at radius 1 is 0.943 bits per heavy atom. The normalized spacial score (nSPS) is 19.8. The Morgan fingerprint density at radius 2 is 1.63 bits per heavy atom. The van der Waals surface area contributed by atoms with Gasteiger partial charge < -0.3 is 30.1 Å². The highest BCUT2D eigenvalue weighted by Gasteiger charge is 2.45. The summed E-state index contributed by atoms with van der Waals surface area (Å²) in [4.78, 5) is 49.3. The van der Waals surface area contributed by atoms with E-state index >= 15 is 13.2 Å². The molecule has 1 saturated heterocycles. The maximum absolute atomic E-state index is 16.1. The molecular formula is C55H70F3N5O6S. The lowest BCUT2D eigenvalue weighted by Gasteiger charge is -2.44. The van der Waals surface area contributed by atoms with Crippen LogP contribution in [-0.2, 0) is 32.1 Å². The predicted molar refractivity (Wildman–Crippen MR) is 268 cm³/mol. The lowest BCUT2D eigenvalue weighted by atomic mass is 9.84. The average Bonchev–Trinajstić information content (AvgIpc) is 4.02. The lowest BCUT2D eigenvalue weighted by Crippen LogP contribution is -2.57. The van der Waals surface area contributed by atoms with Crippen molar-refractivity contribution in [1.29, 1.82) is 0 Å². The van der Waals surface area contributed by atoms with Gasteiger partial charge in [0.25, 0.3) is 0 Å². The first-order valence-electron chi connectivity index (χ1n) is 24.8. The largest absolute Gasteiger partial charge is 0.493 e. The van der Waals surface area contributed by atoms with E-state index in [-0.39, 0.29) is 68.3 Å². The number of carbonyl (C=O) groups is 3. The van der Waals surface area contributed by atoms with Crippen LogP contribution in [-0.4, -0.2) is 100 Å². The van der Waals surface area contributed by atoms with Gasteiger partial charge in [-0.3, -0.25) is 19.3 Å². The number of nitrogens with zero attached hydrogens (tertiary/aromatic N) is 3. The number of likely N-dealkylation sites (tertiary alicyclic amines) is 1. The second-order valence-electron chi connectivity index (χ2n) is 20.9. The van der Waals surface area contributed by atoms with E-state index < -0.39 is 52.9 Å². The maximum atomic E-state index is 16.1. The Bertz CT molecular complexity index is 2480. The molecule has 5 atom stereocenters. The number of carbonyl (C=O) groups excluding carboxylic acids is 3. The first kappa shape index (κ1) is 52.7. The Morgan fingerprint density at radius 3 is 2.30 bits per heavy atom. The number of aliphatic hydroxyl groups is 1. The molecule has 0 spiro atoms. The lowest BCUT2D eigenvalue weighted by molar-refractivity contribution is -0.144. The van der Waals surface area contributed by atoms with Crippen molar-refractivity contribution >= 4 is 34.6 Å². The molecule has 3 aromatic carbocycles. The van der Waals surface area contributed by atoms with Crippen LogP contribution in [0.2, 0.25) is 0 Å². The fourth-order valence-electron chi connectivity index (χ4n) is 10.1. The fraction of sp³-hybridized carbons (Fsp3) is 0.527. The fourth-order valence-corrected chi connectivity index (χ4v) is 10.9. The van der Waals surface area contributed by atoms with Crippen molar-refractivity contribution in [3.8, 4) is 16.2 Å². The number of fused-ring (bicyclic) bond motifs is 2. The van der Waals surface area contributed by atoms with Crippen LogP contribution < -0.4 is 15.4 Å². The van der Waals surface area contributed by atoms with Crippen LogP contribution in [0.15, 0.2) is 71.7 Å². The van der Waals surface area contributed by atoms with Gasteiger partial charge in [0.1, 0.15) is 35.1 Å². The topological polar surface area (TPSA) is 133 Å². The minimum absolute atomic E-state index is 0.00969. The van der Waals surface area contributed by atoms with Crippen LogP contribution in [0.3, 0.4) is 0 Å². The van der Waals surface area contributed by atoms with Crippen molar-refractivity contribution in [2.75, 3.05) is 32.9 Å². The van der Waals surface area contributed by atoms with E-state index in [9.17, 15) is 19.5 Å². The molecule has 1 aliphatic carbocycles. The average molecular weight is 986 g/mol. The first-order chi connectivity index (χ1) is 33.3. The number of nitrogens with one attached hydrogen (secondary N) is 2. The monoisotopic (exact) mass is 985 g/mol. The van der Waals surface area contributed by atoms with Crippen LogP contribution in [0, 0.1) is 24.0 Å². The molecule has 0 radical (unpaired) electrons. The van der Waals surface area contributed by atoms with Gasteiger partial charge in [-0.25, -0.2) is 18.2 Å². The summed E-state index contributed by atoms with van der Waals surface area (Å²) >= 11 is 1.57. The number of aryl methyl sites for hydroxylation is 1. The summed E-state index contributed by atoms with van der Waals surface area (Å²) in [6.07, 6.45) is 4.63. The highest BCUT2D eigenvalue weighted by atomic mass is 32.1. The van der Waals surface area contributed by atoms with Gasteiger partial charge in [0.2, 0.25) is 17.7 Å². The van der Waals surface area contributed by atoms with Gasteiger partial charge in [-0.1, -0.05) is 88.6 Å². The van der Waals surface area contributed by atoms with E-state index in [1.165, 1.54) is 30.9 Å². The van der Waals surface area contributed by atoms with Crippen molar-refractivity contribution in [3.05, 3.63) is 111 Å². The third kappa shape index (κ3) is 13.1. The molecule has 378 valence electrons. The van der Waals surface area contributed by atoms with Crippen molar-refractivity contribution in [1.82, 2.24) is 25.4 Å². The highest BCUT2D eigenvalue weighted by molar-refractivity contribution is 7.13. The van der Waals surface area contributed by atoms with E-state index in [1.54, 1.807) is 11.3 Å². The van der Waals surface area contributed by atoms with Crippen molar-refractivity contribution < 1.29 is 42.1 Å². The molecule has 11 nitrogen and oxygen atoms in total. The number of benzene rings is 3. The SMILES string of the molecule is Cc1ncsc1-c1ccc(CNC(=O)[C@@H]2C[C@@H](O)CN2C(=O)[C@@H](NC(=O)CCOCCCCCCCOc2cc(F)c([C@@H]3C4=C(C[C@@H](C)N3CC(C)(C)F)c3ccccc3C4)c(F)c2)C(C)(C)C)cc1. The molecule has 7 rings (SSSR count). The molecule has 4 aromatic rings. The van der Waals surface area contributed by atoms with Crippen LogP contribution in [0.5, 0.6) is 5.75 Å². The van der Waals surface area contributed by atoms with Gasteiger partial charge >= 0.3 is 0 Å². The van der Waals surface area contributed by atoms with Gasteiger partial charge in [-0.2, -0.15) is 0 Å². The van der Waals surface area contributed by atoms with Crippen LogP contribution in [0.4, 0.5) is 13.2 Å². The van der Waals surface area contributed by atoms with Crippen molar-refractivity contribution in [2.24, 2.45) is 5.41 Å². The number of alkyl halides is 1. The smallest absolute Gasteiger partial charge is 0.246 e. The number of aromatic nitrogens is 1. The zero-order chi connectivity index (χ0) is 50.3. The Hall–Kier alpha value is -5.09. The zero-order valence-electron chi connectivity index (χ0n) is 41.7. The summed E-state index contributed by atoms with van der Waals surface area (Å²) in [5.41, 5.74) is 6.67. The molecule has 3 heterocycles. The van der Waals surface area contributed by atoms with Gasteiger partial charge in [0.05, 0.1) is 41.4 Å². The Balaban J connectivity index is 0.804. The quantitative estimate of drug-likeness (QED) is 0.0704. The second-order valence-corrected chi connectivity index (χ2v) is 21.8. The molecule has 0 unspecified atom stereocenters. The number of ether oxygens (including phenoxy) is 2. The van der Waals surface area contributed by atoms with Gasteiger partial charge in [-0.15, -0.1) is 11.3 Å². The summed E-state index contributed by atoms with van der Waals surface area (Å²) in [7, 11) is 0. The minimum atomic E-state index is -1.56. The number of β-amino-alcohol motifs (C(OH)–C–C–N with tert-alkyl or cyclic N) is 1. The third-order valence-electron chi connectivity index (χ3n) is 13.6. The van der Waals surface area contributed by atoms with E-state index in [4.69, 9.17) is 9.47 Å². The summed E-state index contributed by atoms with van der Waals surface area (Å²) < 4.78 is 58.9. The first-order valence-corrected chi connectivity index (χ1v) is 25.7. The second kappa shape index (κ2) is 23.0. The standard InChI is InChI=1S/C55H70F3N5O6S/c1-34-25-42-41-16-12-11-15-38(41)26-43(42)49(63(34)32-55(6,7)58)48-44(56)28-40(29-45(48)57)69-23-14-10-8-9-13-22-68-24-21-47(65)61-51(54(3,4)5)53(67)62-31-39(64)27-46(62)52(66)59-30-36-17-19-37(20-18-36)50-35(2)60-33-70-50/h11-12,15-20,28-29,33-34,39,46,49,51,64H,8-10,13-14,21-27,30-32H2,1-7H3,(H,59,66)(H,61,65)/t34-,39-,46+,49+,51-/m1/s1. The number of thiazole rings is 1.